The molecule has 0 saturated heterocycles. The zero-order valence-corrected chi connectivity index (χ0v) is 12.5. The summed E-state index contributed by atoms with van der Waals surface area (Å²) < 4.78 is 0. The van der Waals surface area contributed by atoms with Crippen molar-refractivity contribution >= 4 is 5.91 Å². The first-order chi connectivity index (χ1) is 8.30. The fourth-order valence-corrected chi connectivity index (χ4v) is 3.74. The second-order valence-electron chi connectivity index (χ2n) is 6.88. The number of hydrogen-bond donors (Lipinski definition) is 3. The van der Waals surface area contributed by atoms with Crippen molar-refractivity contribution in [2.75, 3.05) is 27.2 Å². The van der Waals surface area contributed by atoms with Crippen molar-refractivity contribution < 1.29 is 4.79 Å². The van der Waals surface area contributed by atoms with Crippen LogP contribution in [0.4, 0.5) is 0 Å². The maximum Gasteiger partial charge on any atom is 0.234 e. The molecule has 2 unspecified atom stereocenters. The monoisotopic (exact) mass is 255 g/mol. The van der Waals surface area contributed by atoms with Gasteiger partial charge in [-0.3, -0.25) is 4.79 Å². The molecule has 0 spiro atoms. The van der Waals surface area contributed by atoms with Crippen LogP contribution >= 0.6 is 0 Å². The van der Waals surface area contributed by atoms with E-state index in [1.54, 1.807) is 7.05 Å². The van der Waals surface area contributed by atoms with Gasteiger partial charge in [0.25, 0.3) is 0 Å². The zero-order chi connectivity index (χ0) is 13.8. The number of hydrogen-bond acceptors (Lipinski definition) is 3. The molecule has 0 heterocycles. The Morgan fingerprint density at radius 1 is 1.17 bits per heavy atom. The molecule has 1 aliphatic rings. The Kier molecular flexibility index (Phi) is 5.17. The Balaban J connectivity index is 2.66. The van der Waals surface area contributed by atoms with Crippen LogP contribution in [0.15, 0.2) is 0 Å². The minimum atomic E-state index is 0.104. The van der Waals surface area contributed by atoms with E-state index >= 15 is 0 Å². The maximum absolute atomic E-state index is 11.7. The van der Waals surface area contributed by atoms with Crippen LogP contribution in [0.5, 0.6) is 0 Å². The Labute approximate surface area is 111 Å². The predicted molar refractivity (Wildman–Crippen MR) is 75.5 cm³/mol. The third-order valence-corrected chi connectivity index (χ3v) is 3.75. The van der Waals surface area contributed by atoms with Crippen LogP contribution < -0.4 is 16.0 Å². The van der Waals surface area contributed by atoms with Gasteiger partial charge in [-0.25, -0.2) is 0 Å². The third-order valence-electron chi connectivity index (χ3n) is 3.75. The fraction of sp³-hybridized carbons (Fsp3) is 0.929. The van der Waals surface area contributed by atoms with E-state index in [4.69, 9.17) is 0 Å². The summed E-state index contributed by atoms with van der Waals surface area (Å²) in [5.74, 6) is 0.104. The molecule has 4 heteroatoms. The summed E-state index contributed by atoms with van der Waals surface area (Å²) >= 11 is 0. The highest BCUT2D eigenvalue weighted by molar-refractivity contribution is 5.78. The topological polar surface area (TPSA) is 53.2 Å². The van der Waals surface area contributed by atoms with Gasteiger partial charge in [0.15, 0.2) is 0 Å². The van der Waals surface area contributed by atoms with E-state index in [0.717, 1.165) is 19.4 Å². The van der Waals surface area contributed by atoms with E-state index in [1.165, 1.54) is 6.42 Å². The van der Waals surface area contributed by atoms with Crippen LogP contribution in [0.25, 0.3) is 0 Å². The molecular formula is C14H29N3O. The molecule has 4 nitrogen and oxygen atoms in total. The highest BCUT2D eigenvalue weighted by atomic mass is 16.1. The van der Waals surface area contributed by atoms with Gasteiger partial charge in [-0.1, -0.05) is 20.8 Å². The summed E-state index contributed by atoms with van der Waals surface area (Å²) in [7, 11) is 3.80. The highest BCUT2D eigenvalue weighted by Crippen LogP contribution is 2.45. The first-order valence-corrected chi connectivity index (χ1v) is 6.89. The van der Waals surface area contributed by atoms with Gasteiger partial charge < -0.3 is 16.0 Å². The number of rotatable bonds is 5. The van der Waals surface area contributed by atoms with Gasteiger partial charge in [0, 0.05) is 12.6 Å². The largest absolute Gasteiger partial charge is 0.352 e. The first kappa shape index (κ1) is 15.4. The van der Waals surface area contributed by atoms with Gasteiger partial charge in [0.1, 0.15) is 0 Å². The Bertz CT molecular complexity index is 291. The standard InChI is InChI=1S/C14H29N3O/c1-13(2)6-11(17-12(18)8-15-4)7-14(3,9-13)10-16-5/h11,15-16H,6-10H2,1-5H3,(H,17,18). The van der Waals surface area contributed by atoms with E-state index in [9.17, 15) is 4.79 Å². The van der Waals surface area contributed by atoms with Crippen molar-refractivity contribution in [2.24, 2.45) is 10.8 Å². The number of amides is 1. The Hall–Kier alpha value is -0.610. The molecule has 18 heavy (non-hydrogen) atoms. The smallest absolute Gasteiger partial charge is 0.234 e. The molecular weight excluding hydrogens is 226 g/mol. The minimum absolute atomic E-state index is 0.104. The van der Waals surface area contributed by atoms with Crippen LogP contribution in [0.3, 0.4) is 0 Å². The Morgan fingerprint density at radius 2 is 1.83 bits per heavy atom. The summed E-state index contributed by atoms with van der Waals surface area (Å²) in [6.07, 6.45) is 3.34. The van der Waals surface area contributed by atoms with Crippen molar-refractivity contribution in [1.82, 2.24) is 16.0 Å². The van der Waals surface area contributed by atoms with Crippen molar-refractivity contribution in [3.63, 3.8) is 0 Å². The van der Waals surface area contributed by atoms with E-state index < -0.39 is 0 Å². The van der Waals surface area contributed by atoms with Gasteiger partial charge >= 0.3 is 0 Å². The quantitative estimate of drug-likeness (QED) is 0.690. The maximum atomic E-state index is 11.7. The van der Waals surface area contributed by atoms with E-state index in [1.807, 2.05) is 7.05 Å². The molecule has 0 bridgehead atoms. The number of nitrogens with one attached hydrogen (secondary N) is 3. The highest BCUT2D eigenvalue weighted by Gasteiger charge is 2.41. The minimum Gasteiger partial charge on any atom is -0.352 e. The molecule has 1 aliphatic carbocycles. The zero-order valence-electron chi connectivity index (χ0n) is 12.5. The van der Waals surface area contributed by atoms with Gasteiger partial charge in [-0.15, -0.1) is 0 Å². The predicted octanol–water partition coefficient (Wildman–Crippen LogP) is 1.13. The van der Waals surface area contributed by atoms with Crippen LogP contribution in [-0.2, 0) is 4.79 Å². The van der Waals surface area contributed by atoms with Gasteiger partial charge in [-0.2, -0.15) is 0 Å². The van der Waals surface area contributed by atoms with Crippen molar-refractivity contribution in [1.29, 1.82) is 0 Å². The second-order valence-corrected chi connectivity index (χ2v) is 6.88. The lowest BCUT2D eigenvalue weighted by molar-refractivity contribution is -0.121. The summed E-state index contributed by atoms with van der Waals surface area (Å²) in [5, 5.41) is 9.35. The van der Waals surface area contributed by atoms with Gasteiger partial charge in [-0.05, 0) is 44.2 Å². The van der Waals surface area contributed by atoms with E-state index in [2.05, 4.69) is 36.7 Å². The molecule has 106 valence electrons. The van der Waals surface area contributed by atoms with Crippen molar-refractivity contribution in [2.45, 2.75) is 46.1 Å². The third kappa shape index (κ3) is 4.58. The molecule has 1 fully saturated rings. The van der Waals surface area contributed by atoms with Gasteiger partial charge in [0.05, 0.1) is 6.54 Å². The van der Waals surface area contributed by atoms with Crippen LogP contribution in [0.1, 0.15) is 40.0 Å². The van der Waals surface area contributed by atoms with E-state index in [0.29, 0.717) is 18.0 Å². The molecule has 0 aromatic heterocycles. The average molecular weight is 255 g/mol. The SMILES string of the molecule is CNCC(=O)NC1CC(C)(C)CC(C)(CNC)C1. The second kappa shape index (κ2) is 6.02. The molecule has 1 amide bonds. The lowest BCUT2D eigenvalue weighted by Crippen LogP contribution is -2.50. The average Bonchev–Trinajstić information content (AvgIpc) is 2.13. The number of carbonyl (C=O) groups is 1. The molecule has 0 aromatic carbocycles. The normalized spacial score (nSPS) is 31.1. The molecule has 1 saturated carbocycles. The van der Waals surface area contributed by atoms with Crippen LogP contribution in [0.2, 0.25) is 0 Å². The lowest BCUT2D eigenvalue weighted by atomic mass is 9.62. The summed E-state index contributed by atoms with van der Waals surface area (Å²) in [6.45, 7) is 8.34. The summed E-state index contributed by atoms with van der Waals surface area (Å²) in [4.78, 5) is 11.7. The molecule has 1 rings (SSSR count). The molecule has 0 aliphatic heterocycles. The van der Waals surface area contributed by atoms with E-state index in [-0.39, 0.29) is 11.3 Å². The molecule has 3 N–H and O–H groups in total. The van der Waals surface area contributed by atoms with Crippen LogP contribution in [-0.4, -0.2) is 39.1 Å². The number of carbonyl (C=O) groups excluding carboxylic acids is 1. The molecule has 0 radical (unpaired) electrons. The number of likely N-dealkylation sites (N-methyl/N-ethyl adjacent to an activating group) is 1. The van der Waals surface area contributed by atoms with Crippen molar-refractivity contribution in [3.05, 3.63) is 0 Å². The van der Waals surface area contributed by atoms with Crippen molar-refractivity contribution in [3.8, 4) is 0 Å². The van der Waals surface area contributed by atoms with Gasteiger partial charge in [0.2, 0.25) is 5.91 Å². The lowest BCUT2D eigenvalue weighted by Gasteiger charge is -2.47. The first-order valence-electron chi connectivity index (χ1n) is 6.89. The fourth-order valence-electron chi connectivity index (χ4n) is 3.74. The molecule has 2 atom stereocenters. The summed E-state index contributed by atoms with van der Waals surface area (Å²) in [5.41, 5.74) is 0.565. The molecule has 0 aromatic rings. The summed E-state index contributed by atoms with van der Waals surface area (Å²) in [6, 6.07) is 0.299. The Morgan fingerprint density at radius 3 is 2.39 bits per heavy atom. The van der Waals surface area contributed by atoms with Crippen LogP contribution in [0, 0.1) is 10.8 Å².